The van der Waals surface area contributed by atoms with Crippen LogP contribution in [-0.2, 0) is 9.59 Å². The fourth-order valence-electron chi connectivity index (χ4n) is 3.19. The second-order valence-electron chi connectivity index (χ2n) is 6.62. The number of barbiturate groups is 1. The maximum atomic E-state index is 13.3. The van der Waals surface area contributed by atoms with Crippen LogP contribution in [0.3, 0.4) is 0 Å². The van der Waals surface area contributed by atoms with Crippen LogP contribution in [0, 0.1) is 0 Å². The zero-order chi connectivity index (χ0) is 22.1. The van der Waals surface area contributed by atoms with Crippen LogP contribution >= 0.6 is 23.2 Å². The fourth-order valence-corrected chi connectivity index (χ4v) is 3.70. The molecule has 1 aliphatic heterocycles. The molecule has 3 aromatic carbocycles. The minimum atomic E-state index is -0.830. The summed E-state index contributed by atoms with van der Waals surface area (Å²) in [5.74, 6) is -2.00. The van der Waals surface area contributed by atoms with Crippen molar-refractivity contribution in [3.63, 3.8) is 0 Å². The maximum Gasteiger partial charge on any atom is 0.343 e. The van der Waals surface area contributed by atoms with E-state index in [-0.39, 0.29) is 26.9 Å². The van der Waals surface area contributed by atoms with Gasteiger partial charge in [-0.25, -0.2) is 14.6 Å². The third-order valence-corrected chi connectivity index (χ3v) is 5.14. The Labute approximate surface area is 187 Å². The molecule has 6 nitrogen and oxygen atoms in total. The quantitative estimate of drug-likeness (QED) is 0.432. The van der Waals surface area contributed by atoms with Crippen molar-refractivity contribution in [1.29, 1.82) is 0 Å². The third-order valence-electron chi connectivity index (χ3n) is 4.64. The Kier molecular flexibility index (Phi) is 5.50. The molecular formula is C23H14Cl2N2O4. The number of phenolic OH excluding ortho intramolecular Hbond substituents is 1. The van der Waals surface area contributed by atoms with Crippen LogP contribution in [0.25, 0.3) is 6.08 Å². The molecule has 154 valence electrons. The Bertz CT molecular complexity index is 1160. The molecule has 0 atom stereocenters. The summed E-state index contributed by atoms with van der Waals surface area (Å²) in [5, 5.41) is 10.5. The van der Waals surface area contributed by atoms with E-state index in [1.807, 2.05) is 0 Å². The van der Waals surface area contributed by atoms with Crippen molar-refractivity contribution in [2.75, 3.05) is 9.80 Å². The summed E-state index contributed by atoms with van der Waals surface area (Å²) in [6, 6.07) is 18.4. The van der Waals surface area contributed by atoms with Crippen LogP contribution in [0.15, 0.2) is 78.4 Å². The predicted molar refractivity (Wildman–Crippen MR) is 119 cm³/mol. The van der Waals surface area contributed by atoms with Crippen molar-refractivity contribution in [2.24, 2.45) is 0 Å². The lowest BCUT2D eigenvalue weighted by Gasteiger charge is -2.34. The van der Waals surface area contributed by atoms with Gasteiger partial charge in [-0.15, -0.1) is 0 Å². The van der Waals surface area contributed by atoms with E-state index in [9.17, 15) is 19.5 Å². The number of benzene rings is 3. The number of rotatable bonds is 3. The molecule has 0 bridgehead atoms. The minimum Gasteiger partial charge on any atom is -0.506 e. The highest BCUT2D eigenvalue weighted by Gasteiger charge is 2.43. The van der Waals surface area contributed by atoms with Crippen LogP contribution in [0.4, 0.5) is 16.2 Å². The lowest BCUT2D eigenvalue weighted by atomic mass is 10.0. The zero-order valence-electron chi connectivity index (χ0n) is 15.8. The van der Waals surface area contributed by atoms with Crippen molar-refractivity contribution in [1.82, 2.24) is 0 Å². The molecular weight excluding hydrogens is 439 g/mol. The summed E-state index contributed by atoms with van der Waals surface area (Å²) in [6.07, 6.45) is 1.18. The maximum absolute atomic E-state index is 13.3. The standard InChI is InChI=1S/C23H14Cl2N2O4/c24-15-11-14(20(28)19(25)13-15)12-18-21(29)26(16-7-3-1-4-8-16)23(31)27(22(18)30)17-9-5-2-6-10-17/h1-13,28H. The molecule has 1 heterocycles. The molecule has 0 radical (unpaired) electrons. The second kappa shape index (κ2) is 8.26. The van der Waals surface area contributed by atoms with Gasteiger partial charge >= 0.3 is 6.03 Å². The molecule has 1 saturated heterocycles. The average molecular weight is 453 g/mol. The first kappa shape index (κ1) is 20.7. The van der Waals surface area contributed by atoms with Gasteiger partial charge in [0.2, 0.25) is 0 Å². The molecule has 0 aromatic heterocycles. The number of carbonyl (C=O) groups excluding carboxylic acids is 3. The number of para-hydroxylation sites is 2. The Balaban J connectivity index is 1.91. The Morgan fingerprint density at radius 3 is 1.71 bits per heavy atom. The van der Waals surface area contributed by atoms with E-state index < -0.39 is 17.8 Å². The van der Waals surface area contributed by atoms with Crippen LogP contribution in [0.2, 0.25) is 10.0 Å². The highest BCUT2D eigenvalue weighted by atomic mass is 35.5. The van der Waals surface area contributed by atoms with Crippen molar-refractivity contribution < 1.29 is 19.5 Å². The van der Waals surface area contributed by atoms with Crippen molar-refractivity contribution >= 4 is 58.5 Å². The predicted octanol–water partition coefficient (Wildman–Crippen LogP) is 5.28. The molecule has 31 heavy (non-hydrogen) atoms. The SMILES string of the molecule is O=C1C(=Cc2cc(Cl)cc(Cl)c2O)C(=O)N(c2ccccc2)C(=O)N1c1ccccc1. The number of hydrogen-bond donors (Lipinski definition) is 1. The summed E-state index contributed by atoms with van der Waals surface area (Å²) >= 11 is 12.0. The van der Waals surface area contributed by atoms with Gasteiger partial charge in [-0.1, -0.05) is 59.6 Å². The Hall–Kier alpha value is -3.61. The summed E-state index contributed by atoms with van der Waals surface area (Å²) < 4.78 is 0. The van der Waals surface area contributed by atoms with E-state index in [2.05, 4.69) is 0 Å². The Morgan fingerprint density at radius 2 is 1.23 bits per heavy atom. The van der Waals surface area contributed by atoms with Crippen LogP contribution in [0.5, 0.6) is 5.75 Å². The van der Waals surface area contributed by atoms with Crippen molar-refractivity contribution in [2.45, 2.75) is 0 Å². The monoisotopic (exact) mass is 452 g/mol. The van der Waals surface area contributed by atoms with Crippen LogP contribution in [0.1, 0.15) is 5.56 Å². The number of aromatic hydroxyl groups is 1. The molecule has 0 spiro atoms. The summed E-state index contributed by atoms with van der Waals surface area (Å²) in [7, 11) is 0. The lowest BCUT2D eigenvalue weighted by Crippen LogP contribution is -2.57. The number of urea groups is 1. The fraction of sp³-hybridized carbons (Fsp3) is 0. The molecule has 4 amide bonds. The molecule has 8 heteroatoms. The molecule has 1 aliphatic rings. The zero-order valence-corrected chi connectivity index (χ0v) is 17.3. The highest BCUT2D eigenvalue weighted by molar-refractivity contribution is 6.46. The van der Waals surface area contributed by atoms with Gasteiger partial charge in [-0.2, -0.15) is 0 Å². The number of phenols is 1. The molecule has 4 rings (SSSR count). The van der Waals surface area contributed by atoms with Crippen molar-refractivity contribution in [3.8, 4) is 5.75 Å². The van der Waals surface area contributed by atoms with Gasteiger partial charge in [-0.05, 0) is 42.5 Å². The van der Waals surface area contributed by atoms with Gasteiger partial charge in [0.05, 0.1) is 16.4 Å². The topological polar surface area (TPSA) is 77.9 Å². The first-order valence-corrected chi connectivity index (χ1v) is 9.86. The normalized spacial score (nSPS) is 14.3. The number of anilines is 2. The largest absolute Gasteiger partial charge is 0.506 e. The second-order valence-corrected chi connectivity index (χ2v) is 7.46. The first-order valence-electron chi connectivity index (χ1n) is 9.11. The first-order chi connectivity index (χ1) is 14.9. The number of nitrogens with zero attached hydrogens (tertiary/aromatic N) is 2. The highest BCUT2D eigenvalue weighted by Crippen LogP contribution is 2.35. The molecule has 0 saturated carbocycles. The number of carbonyl (C=O) groups is 3. The number of imide groups is 2. The molecule has 1 fully saturated rings. The van der Waals surface area contributed by atoms with E-state index in [0.717, 1.165) is 9.80 Å². The van der Waals surface area contributed by atoms with Gasteiger partial charge in [0.1, 0.15) is 11.3 Å². The van der Waals surface area contributed by atoms with Gasteiger partial charge < -0.3 is 5.11 Å². The summed E-state index contributed by atoms with van der Waals surface area (Å²) in [5.41, 5.74) is 0.334. The number of amides is 4. The minimum absolute atomic E-state index is 0.0361. The molecule has 1 N–H and O–H groups in total. The molecule has 0 aliphatic carbocycles. The van der Waals surface area contributed by atoms with E-state index in [0.29, 0.717) is 11.4 Å². The summed E-state index contributed by atoms with van der Waals surface area (Å²) in [6.45, 7) is 0. The van der Waals surface area contributed by atoms with E-state index >= 15 is 0 Å². The van der Waals surface area contributed by atoms with Crippen LogP contribution < -0.4 is 9.80 Å². The van der Waals surface area contributed by atoms with Crippen molar-refractivity contribution in [3.05, 3.63) is 94.0 Å². The molecule has 0 unspecified atom stereocenters. The van der Waals surface area contributed by atoms with E-state index in [4.69, 9.17) is 23.2 Å². The molecule has 3 aromatic rings. The van der Waals surface area contributed by atoms with Gasteiger partial charge in [0.25, 0.3) is 11.8 Å². The van der Waals surface area contributed by atoms with E-state index in [1.165, 1.54) is 18.2 Å². The van der Waals surface area contributed by atoms with Gasteiger partial charge in [-0.3, -0.25) is 9.59 Å². The van der Waals surface area contributed by atoms with Gasteiger partial charge in [0.15, 0.2) is 0 Å². The Morgan fingerprint density at radius 1 is 0.742 bits per heavy atom. The van der Waals surface area contributed by atoms with Crippen LogP contribution in [-0.4, -0.2) is 23.0 Å². The number of halogens is 2. The van der Waals surface area contributed by atoms with E-state index in [1.54, 1.807) is 60.7 Å². The lowest BCUT2D eigenvalue weighted by molar-refractivity contribution is -0.121. The number of hydrogen-bond acceptors (Lipinski definition) is 4. The third kappa shape index (κ3) is 3.79. The summed E-state index contributed by atoms with van der Waals surface area (Å²) in [4.78, 5) is 41.5. The average Bonchev–Trinajstić information content (AvgIpc) is 2.76. The smallest absolute Gasteiger partial charge is 0.343 e. The van der Waals surface area contributed by atoms with Gasteiger partial charge in [0, 0.05) is 10.6 Å².